The molecule has 2 rings (SSSR count). The van der Waals surface area contributed by atoms with Gasteiger partial charge in [-0.05, 0) is 24.6 Å². The van der Waals surface area contributed by atoms with Crippen molar-refractivity contribution in [3.05, 3.63) is 46.6 Å². The molecule has 1 heterocycles. The van der Waals surface area contributed by atoms with Gasteiger partial charge in [-0.2, -0.15) is 8.78 Å². The molecule has 1 N–H and O–H groups in total. The lowest BCUT2D eigenvalue weighted by atomic mass is 9.94. The summed E-state index contributed by atoms with van der Waals surface area (Å²) in [5, 5.41) is 2.51. The van der Waals surface area contributed by atoms with Crippen molar-refractivity contribution in [3.63, 3.8) is 0 Å². The number of methoxy groups -OCH3 is 2. The Hall–Kier alpha value is -2.81. The lowest BCUT2D eigenvalue weighted by Gasteiger charge is -2.35. The maximum atomic E-state index is 12.6. The van der Waals surface area contributed by atoms with Crippen molar-refractivity contribution in [2.75, 3.05) is 20.8 Å². The molecule has 0 saturated heterocycles. The molecule has 152 valence electrons. The second-order valence-corrected chi connectivity index (χ2v) is 6.09. The average molecular weight is 417 g/mol. The molecular formula is C18H19ClF2N2O5. The molecule has 28 heavy (non-hydrogen) atoms. The number of hydrogen-bond donors (Lipinski definition) is 1. The number of ether oxygens (including phenoxy) is 3. The molecule has 0 unspecified atom stereocenters. The van der Waals surface area contributed by atoms with Crippen molar-refractivity contribution in [3.8, 4) is 11.5 Å². The highest BCUT2D eigenvalue weighted by molar-refractivity contribution is 6.32. The number of alkyl halides is 2. The largest absolute Gasteiger partial charge is 0.493 e. The van der Waals surface area contributed by atoms with E-state index in [-0.39, 0.29) is 28.6 Å². The molecule has 0 spiro atoms. The van der Waals surface area contributed by atoms with E-state index in [1.54, 1.807) is 6.92 Å². The first kappa shape index (κ1) is 21.5. The summed E-state index contributed by atoms with van der Waals surface area (Å²) in [7, 11) is 2.46. The Morgan fingerprint density at radius 2 is 2.11 bits per heavy atom. The van der Waals surface area contributed by atoms with E-state index in [0.717, 1.165) is 0 Å². The van der Waals surface area contributed by atoms with Crippen molar-refractivity contribution in [1.29, 1.82) is 0 Å². The number of rotatable bonds is 7. The summed E-state index contributed by atoms with van der Waals surface area (Å²) in [6.07, 6.45) is 1.51. The van der Waals surface area contributed by atoms with E-state index in [1.807, 2.05) is 0 Å². The number of esters is 1. The summed E-state index contributed by atoms with van der Waals surface area (Å²) in [6.45, 7) is 2.25. The quantitative estimate of drug-likeness (QED) is 0.542. The van der Waals surface area contributed by atoms with Gasteiger partial charge in [-0.25, -0.2) is 9.59 Å². The van der Waals surface area contributed by atoms with E-state index in [1.165, 1.54) is 37.3 Å². The van der Waals surface area contributed by atoms with Gasteiger partial charge in [0.05, 0.1) is 30.9 Å². The number of carbonyl (C=O) groups excluding carboxylic acids is 2. The van der Waals surface area contributed by atoms with Crippen LogP contribution in [0.1, 0.15) is 18.5 Å². The van der Waals surface area contributed by atoms with Crippen molar-refractivity contribution in [1.82, 2.24) is 10.2 Å². The van der Waals surface area contributed by atoms with Gasteiger partial charge in [-0.15, -0.1) is 6.58 Å². The zero-order valence-corrected chi connectivity index (χ0v) is 16.2. The van der Waals surface area contributed by atoms with Crippen LogP contribution >= 0.6 is 11.6 Å². The highest BCUT2D eigenvalue weighted by Crippen LogP contribution is 2.41. The number of nitrogens with zero attached hydrogens (tertiary/aromatic N) is 1. The van der Waals surface area contributed by atoms with Gasteiger partial charge in [-0.1, -0.05) is 17.7 Å². The molecular weight excluding hydrogens is 398 g/mol. The lowest BCUT2D eigenvalue weighted by Crippen LogP contribution is -2.48. The van der Waals surface area contributed by atoms with Crippen LogP contribution in [0.25, 0.3) is 0 Å². The average Bonchev–Trinajstić information content (AvgIpc) is 2.65. The summed E-state index contributed by atoms with van der Waals surface area (Å²) in [4.78, 5) is 26.2. The minimum Gasteiger partial charge on any atom is -0.493 e. The molecule has 10 heteroatoms. The van der Waals surface area contributed by atoms with Gasteiger partial charge in [0, 0.05) is 12.2 Å². The summed E-state index contributed by atoms with van der Waals surface area (Å²) in [5.41, 5.74) is 0.850. The van der Waals surface area contributed by atoms with Gasteiger partial charge in [0.2, 0.25) is 0 Å². The van der Waals surface area contributed by atoms with Crippen molar-refractivity contribution in [2.45, 2.75) is 19.6 Å². The van der Waals surface area contributed by atoms with Crippen molar-refractivity contribution in [2.24, 2.45) is 0 Å². The fourth-order valence-electron chi connectivity index (χ4n) is 2.86. The molecule has 1 aliphatic heterocycles. The van der Waals surface area contributed by atoms with Crippen LogP contribution in [-0.2, 0) is 9.53 Å². The maximum Gasteiger partial charge on any atom is 0.387 e. The normalized spacial score (nSPS) is 16.8. The van der Waals surface area contributed by atoms with E-state index in [9.17, 15) is 18.4 Å². The highest BCUT2D eigenvalue weighted by atomic mass is 35.5. The van der Waals surface area contributed by atoms with Crippen LogP contribution in [0, 0.1) is 0 Å². The molecule has 1 aromatic carbocycles. The van der Waals surface area contributed by atoms with Gasteiger partial charge >= 0.3 is 18.6 Å². The maximum absolute atomic E-state index is 12.6. The summed E-state index contributed by atoms with van der Waals surface area (Å²) in [5.74, 6) is -1.09. The second kappa shape index (κ2) is 8.92. The molecule has 1 aromatic rings. The third kappa shape index (κ3) is 4.19. The zero-order chi connectivity index (χ0) is 21.0. The summed E-state index contributed by atoms with van der Waals surface area (Å²) < 4.78 is 39.6. The molecule has 0 bridgehead atoms. The number of nitrogens with one attached hydrogen (secondary N) is 1. The van der Waals surface area contributed by atoms with Crippen LogP contribution in [0.3, 0.4) is 0 Å². The molecule has 2 amide bonds. The molecule has 0 fully saturated rings. The van der Waals surface area contributed by atoms with Crippen LogP contribution in [0.15, 0.2) is 36.1 Å². The van der Waals surface area contributed by atoms with E-state index in [2.05, 4.69) is 16.6 Å². The zero-order valence-electron chi connectivity index (χ0n) is 15.4. The predicted octanol–water partition coefficient (Wildman–Crippen LogP) is 3.65. The van der Waals surface area contributed by atoms with Crippen LogP contribution in [0.5, 0.6) is 11.5 Å². The minimum atomic E-state index is -3.10. The Kier molecular flexibility index (Phi) is 6.85. The van der Waals surface area contributed by atoms with Gasteiger partial charge in [-0.3, -0.25) is 4.90 Å². The Morgan fingerprint density at radius 1 is 1.43 bits per heavy atom. The Labute approximate surface area is 165 Å². The fraction of sp³-hybridized carbons (Fsp3) is 0.333. The molecule has 0 saturated carbocycles. The topological polar surface area (TPSA) is 77.1 Å². The first-order valence-corrected chi connectivity index (χ1v) is 8.43. The first-order chi connectivity index (χ1) is 13.2. The molecule has 0 radical (unpaired) electrons. The Morgan fingerprint density at radius 3 is 2.64 bits per heavy atom. The molecule has 7 nitrogen and oxygen atoms in total. The number of amides is 2. The number of urea groups is 1. The van der Waals surface area contributed by atoms with E-state index >= 15 is 0 Å². The van der Waals surface area contributed by atoms with Crippen LogP contribution in [0.4, 0.5) is 13.6 Å². The second-order valence-electron chi connectivity index (χ2n) is 5.69. The smallest absolute Gasteiger partial charge is 0.387 e. The standard InChI is InChI=1S/C18H19ClF2N2O5/c1-5-6-23-9(2)13(16(24)27-4)14(22-18(23)25)10-7-11(19)15(28-17(20)21)12(8-10)26-3/h5,7-8,14,17H,1,6H2,2-4H3,(H,22,25)/t14-/m0/s1. The monoisotopic (exact) mass is 416 g/mol. The van der Waals surface area contributed by atoms with E-state index in [4.69, 9.17) is 21.1 Å². The van der Waals surface area contributed by atoms with Gasteiger partial charge in [0.1, 0.15) is 0 Å². The van der Waals surface area contributed by atoms with Crippen LogP contribution in [0.2, 0.25) is 5.02 Å². The number of allylic oxidation sites excluding steroid dienone is 1. The highest BCUT2D eigenvalue weighted by Gasteiger charge is 2.36. The van der Waals surface area contributed by atoms with Gasteiger partial charge < -0.3 is 19.5 Å². The van der Waals surface area contributed by atoms with Crippen LogP contribution in [-0.4, -0.2) is 44.3 Å². The van der Waals surface area contributed by atoms with Gasteiger partial charge in [0.25, 0.3) is 0 Å². The van der Waals surface area contributed by atoms with Crippen LogP contribution < -0.4 is 14.8 Å². The van der Waals surface area contributed by atoms with Crippen molar-refractivity contribution >= 4 is 23.6 Å². The Bertz CT molecular complexity index is 828. The van der Waals surface area contributed by atoms with E-state index in [0.29, 0.717) is 11.3 Å². The lowest BCUT2D eigenvalue weighted by molar-refractivity contribution is -0.136. The van der Waals surface area contributed by atoms with Gasteiger partial charge in [0.15, 0.2) is 11.5 Å². The van der Waals surface area contributed by atoms with E-state index < -0.39 is 24.7 Å². The minimum absolute atomic E-state index is 0.0764. The molecule has 1 aliphatic rings. The van der Waals surface area contributed by atoms with Crippen molar-refractivity contribution < 1.29 is 32.6 Å². The summed E-state index contributed by atoms with van der Waals surface area (Å²) >= 11 is 6.08. The SMILES string of the molecule is C=CCN1C(=O)N[C@@H](c2cc(Cl)c(OC(F)F)c(OC)c2)C(C(=O)OC)=C1C. The third-order valence-electron chi connectivity index (χ3n) is 4.11. The fourth-order valence-corrected chi connectivity index (χ4v) is 3.13. The number of carbonyl (C=O) groups is 2. The molecule has 0 aliphatic carbocycles. The number of hydrogen-bond acceptors (Lipinski definition) is 5. The molecule has 0 aromatic heterocycles. The first-order valence-electron chi connectivity index (χ1n) is 8.05. The number of benzene rings is 1. The predicted molar refractivity (Wildman–Crippen MR) is 97.5 cm³/mol. The molecule has 1 atom stereocenters. The third-order valence-corrected chi connectivity index (χ3v) is 4.39. The number of halogens is 3. The Balaban J connectivity index is 2.61. The summed E-state index contributed by atoms with van der Waals surface area (Å²) in [6, 6.07) is 1.26.